The van der Waals surface area contributed by atoms with Crippen LogP contribution in [0.5, 0.6) is 0 Å². The predicted octanol–water partition coefficient (Wildman–Crippen LogP) is 3.56. The summed E-state index contributed by atoms with van der Waals surface area (Å²) in [5.41, 5.74) is 0.651. The highest BCUT2D eigenvalue weighted by Crippen LogP contribution is 2.08. The second kappa shape index (κ2) is 9.03. The quantitative estimate of drug-likeness (QED) is 0.746. The van der Waals surface area contributed by atoms with Gasteiger partial charge in [0.15, 0.2) is 0 Å². The van der Waals surface area contributed by atoms with E-state index in [1.54, 1.807) is 0 Å². The van der Waals surface area contributed by atoms with Gasteiger partial charge in [-0.3, -0.25) is 0 Å². The number of benzene rings is 1. The van der Waals surface area contributed by atoms with Crippen molar-refractivity contribution in [3.8, 4) is 0 Å². The zero-order valence-electron chi connectivity index (χ0n) is 12.8. The van der Waals surface area contributed by atoms with Gasteiger partial charge in [0.2, 0.25) is 0 Å². The molecule has 1 aromatic carbocycles. The van der Waals surface area contributed by atoms with Crippen molar-refractivity contribution in [1.29, 1.82) is 0 Å². The fourth-order valence-corrected chi connectivity index (χ4v) is 2.27. The molecular weight excluding hydrogens is 258 g/mol. The zero-order chi connectivity index (χ0) is 15.0. The Hall–Kier alpha value is -1.00. The Bertz CT molecular complexity index is 372. The van der Waals surface area contributed by atoms with Crippen LogP contribution >= 0.6 is 0 Å². The van der Waals surface area contributed by atoms with Gasteiger partial charge in [-0.05, 0) is 57.1 Å². The van der Waals surface area contributed by atoms with Crippen LogP contribution in [-0.2, 0) is 6.54 Å². The smallest absolute Gasteiger partial charge is 0.126 e. The lowest BCUT2D eigenvalue weighted by molar-refractivity contribution is 0.290. The lowest BCUT2D eigenvalue weighted by atomic mass is 10.1. The summed E-state index contributed by atoms with van der Waals surface area (Å²) in [6.45, 7) is 10.2. The molecule has 1 atom stereocenters. The van der Waals surface area contributed by atoms with Gasteiger partial charge < -0.3 is 10.2 Å². The molecule has 1 rings (SSSR count). The van der Waals surface area contributed by atoms with Crippen molar-refractivity contribution in [2.75, 3.05) is 19.6 Å². The molecule has 0 saturated carbocycles. The average Bonchev–Trinajstić information content (AvgIpc) is 2.40. The van der Waals surface area contributed by atoms with E-state index in [-0.39, 0.29) is 0 Å². The summed E-state index contributed by atoms with van der Waals surface area (Å²) in [6.07, 6.45) is 2.20. The van der Waals surface area contributed by atoms with Crippen LogP contribution in [0.3, 0.4) is 0 Å². The third-order valence-corrected chi connectivity index (χ3v) is 3.58. The van der Waals surface area contributed by atoms with Crippen molar-refractivity contribution in [2.45, 2.75) is 46.2 Å². The van der Waals surface area contributed by atoms with Crippen molar-refractivity contribution >= 4 is 0 Å². The topological polar surface area (TPSA) is 15.3 Å². The van der Waals surface area contributed by atoms with E-state index < -0.39 is 11.6 Å². The van der Waals surface area contributed by atoms with Crippen LogP contribution in [0.25, 0.3) is 0 Å². The highest BCUT2D eigenvalue weighted by molar-refractivity contribution is 5.17. The summed E-state index contributed by atoms with van der Waals surface area (Å²) in [7, 11) is 0. The van der Waals surface area contributed by atoms with E-state index in [4.69, 9.17) is 0 Å². The van der Waals surface area contributed by atoms with Gasteiger partial charge in [0.25, 0.3) is 0 Å². The maximum Gasteiger partial charge on any atom is 0.126 e. The summed E-state index contributed by atoms with van der Waals surface area (Å²) >= 11 is 0. The first-order valence-corrected chi connectivity index (χ1v) is 7.45. The molecule has 0 aromatic heterocycles. The van der Waals surface area contributed by atoms with Crippen molar-refractivity contribution in [1.82, 2.24) is 10.2 Å². The summed E-state index contributed by atoms with van der Waals surface area (Å²) in [6, 6.07) is 3.99. The molecule has 0 amide bonds. The van der Waals surface area contributed by atoms with Gasteiger partial charge in [-0.15, -0.1) is 0 Å². The maximum absolute atomic E-state index is 13.0. The summed E-state index contributed by atoms with van der Waals surface area (Å²) in [5, 5.41) is 3.31. The SMILES string of the molecule is CCN(CC)CCCC(C)NCc1cc(F)cc(F)c1. The molecule has 2 nitrogen and oxygen atoms in total. The molecule has 0 spiro atoms. The number of hydrogen-bond acceptors (Lipinski definition) is 2. The Balaban J connectivity index is 2.27. The molecule has 1 aromatic rings. The monoisotopic (exact) mass is 284 g/mol. The van der Waals surface area contributed by atoms with E-state index in [1.165, 1.54) is 12.1 Å². The second-order valence-electron chi connectivity index (χ2n) is 5.23. The van der Waals surface area contributed by atoms with E-state index in [2.05, 4.69) is 31.0 Å². The average molecular weight is 284 g/mol. The Morgan fingerprint density at radius 2 is 1.70 bits per heavy atom. The molecule has 0 bridgehead atoms. The molecule has 0 fully saturated rings. The molecule has 114 valence electrons. The molecule has 1 N–H and O–H groups in total. The third kappa shape index (κ3) is 6.44. The van der Waals surface area contributed by atoms with E-state index in [0.717, 1.165) is 38.5 Å². The number of nitrogens with one attached hydrogen (secondary N) is 1. The van der Waals surface area contributed by atoms with Gasteiger partial charge in [0.1, 0.15) is 11.6 Å². The standard InChI is InChI=1S/C16H26F2N2/c1-4-20(5-2)8-6-7-13(3)19-12-14-9-15(17)11-16(18)10-14/h9-11,13,19H,4-8,12H2,1-3H3. The van der Waals surface area contributed by atoms with Gasteiger partial charge in [0, 0.05) is 18.7 Å². The molecule has 0 heterocycles. The minimum absolute atomic E-state index is 0.344. The lowest BCUT2D eigenvalue weighted by Gasteiger charge is -2.19. The van der Waals surface area contributed by atoms with E-state index in [1.807, 2.05) is 0 Å². The van der Waals surface area contributed by atoms with Crippen LogP contribution in [0.15, 0.2) is 18.2 Å². The highest BCUT2D eigenvalue weighted by atomic mass is 19.1. The fourth-order valence-electron chi connectivity index (χ4n) is 2.27. The first-order chi connectivity index (χ1) is 9.55. The van der Waals surface area contributed by atoms with Crippen LogP contribution in [-0.4, -0.2) is 30.6 Å². The lowest BCUT2D eigenvalue weighted by Crippen LogP contribution is -2.28. The van der Waals surface area contributed by atoms with E-state index >= 15 is 0 Å². The minimum atomic E-state index is -0.518. The molecular formula is C16H26F2N2. The van der Waals surface area contributed by atoms with Gasteiger partial charge in [0.05, 0.1) is 0 Å². The molecule has 4 heteroatoms. The number of hydrogen-bond donors (Lipinski definition) is 1. The summed E-state index contributed by atoms with van der Waals surface area (Å²) in [4.78, 5) is 2.40. The highest BCUT2D eigenvalue weighted by Gasteiger charge is 2.05. The zero-order valence-corrected chi connectivity index (χ0v) is 12.8. The summed E-state index contributed by atoms with van der Waals surface area (Å²) in [5.74, 6) is -1.04. The molecule has 0 aliphatic heterocycles. The number of nitrogens with zero attached hydrogens (tertiary/aromatic N) is 1. The van der Waals surface area contributed by atoms with Crippen LogP contribution < -0.4 is 5.32 Å². The third-order valence-electron chi connectivity index (χ3n) is 3.58. The number of halogens is 2. The van der Waals surface area contributed by atoms with Crippen molar-refractivity contribution in [3.05, 3.63) is 35.4 Å². The van der Waals surface area contributed by atoms with E-state index in [0.29, 0.717) is 18.2 Å². The minimum Gasteiger partial charge on any atom is -0.310 e. The van der Waals surface area contributed by atoms with Crippen molar-refractivity contribution < 1.29 is 8.78 Å². The van der Waals surface area contributed by atoms with Gasteiger partial charge >= 0.3 is 0 Å². The molecule has 0 aliphatic carbocycles. The molecule has 0 radical (unpaired) electrons. The predicted molar refractivity (Wildman–Crippen MR) is 79.7 cm³/mol. The number of rotatable bonds is 9. The Labute approximate surface area is 121 Å². The van der Waals surface area contributed by atoms with Crippen molar-refractivity contribution in [3.63, 3.8) is 0 Å². The van der Waals surface area contributed by atoms with Crippen LogP contribution in [0.1, 0.15) is 39.2 Å². The second-order valence-corrected chi connectivity index (χ2v) is 5.23. The normalized spacial score (nSPS) is 12.9. The largest absolute Gasteiger partial charge is 0.310 e. The molecule has 0 aliphatic rings. The van der Waals surface area contributed by atoms with E-state index in [9.17, 15) is 8.78 Å². The Kier molecular flexibility index (Phi) is 7.70. The molecule has 20 heavy (non-hydrogen) atoms. The van der Waals surface area contributed by atoms with Gasteiger partial charge in [-0.1, -0.05) is 13.8 Å². The van der Waals surface area contributed by atoms with Gasteiger partial charge in [-0.2, -0.15) is 0 Å². The first-order valence-electron chi connectivity index (χ1n) is 7.45. The van der Waals surface area contributed by atoms with Crippen LogP contribution in [0.2, 0.25) is 0 Å². The van der Waals surface area contributed by atoms with Gasteiger partial charge in [-0.25, -0.2) is 8.78 Å². The summed E-state index contributed by atoms with van der Waals surface area (Å²) < 4.78 is 26.1. The molecule has 1 unspecified atom stereocenters. The maximum atomic E-state index is 13.0. The fraction of sp³-hybridized carbons (Fsp3) is 0.625. The first kappa shape index (κ1) is 17.1. The Morgan fingerprint density at radius 1 is 1.10 bits per heavy atom. The van der Waals surface area contributed by atoms with Crippen LogP contribution in [0, 0.1) is 11.6 Å². The Morgan fingerprint density at radius 3 is 2.25 bits per heavy atom. The van der Waals surface area contributed by atoms with Crippen LogP contribution in [0.4, 0.5) is 8.78 Å². The molecule has 0 saturated heterocycles. The van der Waals surface area contributed by atoms with Crippen molar-refractivity contribution in [2.24, 2.45) is 0 Å².